The van der Waals surface area contributed by atoms with E-state index in [1.54, 1.807) is 0 Å². The number of aromatic amines is 1. The van der Waals surface area contributed by atoms with Crippen molar-refractivity contribution in [3.8, 4) is 0 Å². The van der Waals surface area contributed by atoms with E-state index in [1.165, 1.54) is 5.39 Å². The highest BCUT2D eigenvalue weighted by atomic mass is 16.2. The number of nitrogens with two attached hydrogens (primary N) is 1. The number of aliphatic hydroxyl groups is 1. The molecule has 0 aliphatic carbocycles. The first-order valence-electron chi connectivity index (χ1n) is 5.25. The van der Waals surface area contributed by atoms with Gasteiger partial charge in [0.1, 0.15) is 0 Å². The molecule has 80 valence electrons. The van der Waals surface area contributed by atoms with Crippen molar-refractivity contribution in [1.29, 1.82) is 0 Å². The maximum atomic E-state index is 8.74. The van der Waals surface area contributed by atoms with E-state index in [9.17, 15) is 0 Å². The molecule has 1 atom stereocenters. The van der Waals surface area contributed by atoms with Gasteiger partial charge in [0.15, 0.2) is 0 Å². The molecular formula is C12H16N2O. The van der Waals surface area contributed by atoms with E-state index in [4.69, 9.17) is 10.8 Å². The largest absolute Gasteiger partial charge is 0.396 e. The molecule has 1 heterocycles. The van der Waals surface area contributed by atoms with Gasteiger partial charge in [-0.05, 0) is 42.0 Å². The van der Waals surface area contributed by atoms with Gasteiger partial charge in [-0.15, -0.1) is 0 Å². The minimum Gasteiger partial charge on any atom is -0.396 e. The van der Waals surface area contributed by atoms with Crippen molar-refractivity contribution >= 4 is 10.9 Å². The van der Waals surface area contributed by atoms with Crippen LogP contribution < -0.4 is 5.73 Å². The summed E-state index contributed by atoms with van der Waals surface area (Å²) in [4.78, 5) is 3.15. The zero-order valence-corrected chi connectivity index (χ0v) is 8.61. The number of nitrogens with one attached hydrogen (secondary N) is 1. The second kappa shape index (κ2) is 4.47. The van der Waals surface area contributed by atoms with E-state index in [0.717, 1.165) is 23.9 Å². The van der Waals surface area contributed by atoms with Crippen LogP contribution in [-0.2, 0) is 0 Å². The summed E-state index contributed by atoms with van der Waals surface area (Å²) in [6.07, 6.45) is 3.51. The number of hydrogen-bond donors (Lipinski definition) is 3. The van der Waals surface area contributed by atoms with Gasteiger partial charge in [0.05, 0.1) is 0 Å². The number of H-pyrrole nitrogens is 1. The van der Waals surface area contributed by atoms with Gasteiger partial charge in [-0.3, -0.25) is 0 Å². The molecule has 15 heavy (non-hydrogen) atoms. The van der Waals surface area contributed by atoms with Gasteiger partial charge in [-0.1, -0.05) is 6.07 Å². The Bertz CT molecular complexity index is 436. The van der Waals surface area contributed by atoms with Gasteiger partial charge in [0.2, 0.25) is 0 Å². The van der Waals surface area contributed by atoms with E-state index in [2.05, 4.69) is 11.1 Å². The topological polar surface area (TPSA) is 62.0 Å². The van der Waals surface area contributed by atoms with Crippen LogP contribution in [0.5, 0.6) is 0 Å². The summed E-state index contributed by atoms with van der Waals surface area (Å²) < 4.78 is 0. The summed E-state index contributed by atoms with van der Waals surface area (Å²) in [5.74, 6) is 0. The Hall–Kier alpha value is -1.32. The van der Waals surface area contributed by atoms with Gasteiger partial charge >= 0.3 is 0 Å². The molecule has 0 fully saturated rings. The summed E-state index contributed by atoms with van der Waals surface area (Å²) in [5.41, 5.74) is 8.29. The third kappa shape index (κ3) is 2.19. The standard InChI is InChI=1S/C12H16N2O/c13-11(2-1-7-15)9-3-4-12-10(8-9)5-6-14-12/h3-6,8,11,14-15H,1-2,7,13H2/t11-/m0/s1. The highest BCUT2D eigenvalue weighted by molar-refractivity contribution is 5.80. The summed E-state index contributed by atoms with van der Waals surface area (Å²) in [6, 6.07) is 8.26. The lowest BCUT2D eigenvalue weighted by atomic mass is 10.0. The maximum absolute atomic E-state index is 8.74. The van der Waals surface area contributed by atoms with Crippen LogP contribution in [0.3, 0.4) is 0 Å². The molecule has 0 spiro atoms. The maximum Gasteiger partial charge on any atom is 0.0454 e. The van der Waals surface area contributed by atoms with Crippen LogP contribution in [-0.4, -0.2) is 16.7 Å². The fourth-order valence-corrected chi connectivity index (χ4v) is 1.78. The van der Waals surface area contributed by atoms with Crippen LogP contribution in [0.2, 0.25) is 0 Å². The van der Waals surface area contributed by atoms with Crippen molar-refractivity contribution in [3.05, 3.63) is 36.0 Å². The Morgan fingerprint density at radius 3 is 3.00 bits per heavy atom. The second-order valence-electron chi connectivity index (χ2n) is 3.80. The van der Waals surface area contributed by atoms with Gasteiger partial charge in [0.25, 0.3) is 0 Å². The first kappa shape index (κ1) is 10.2. The highest BCUT2D eigenvalue weighted by Crippen LogP contribution is 2.20. The fourth-order valence-electron chi connectivity index (χ4n) is 1.78. The van der Waals surface area contributed by atoms with E-state index < -0.39 is 0 Å². The second-order valence-corrected chi connectivity index (χ2v) is 3.80. The van der Waals surface area contributed by atoms with Gasteiger partial charge in [-0.25, -0.2) is 0 Å². The average molecular weight is 204 g/mol. The number of aliphatic hydroxyl groups excluding tert-OH is 1. The SMILES string of the molecule is N[C@@H](CCCO)c1ccc2[nH]ccc2c1. The van der Waals surface area contributed by atoms with Crippen molar-refractivity contribution in [2.45, 2.75) is 18.9 Å². The molecule has 0 radical (unpaired) electrons. The Morgan fingerprint density at radius 1 is 1.33 bits per heavy atom. The molecule has 0 amide bonds. The number of fused-ring (bicyclic) bond motifs is 1. The zero-order chi connectivity index (χ0) is 10.7. The Morgan fingerprint density at radius 2 is 2.20 bits per heavy atom. The van der Waals surface area contributed by atoms with Crippen molar-refractivity contribution in [2.75, 3.05) is 6.61 Å². The van der Waals surface area contributed by atoms with Crippen molar-refractivity contribution < 1.29 is 5.11 Å². The lowest BCUT2D eigenvalue weighted by Gasteiger charge is -2.11. The molecule has 0 saturated carbocycles. The van der Waals surface area contributed by atoms with Gasteiger partial charge in [-0.2, -0.15) is 0 Å². The molecule has 2 aromatic rings. The predicted octanol–water partition coefficient (Wildman–Crippen LogP) is 1.94. The predicted molar refractivity (Wildman–Crippen MR) is 61.5 cm³/mol. The summed E-state index contributed by atoms with van der Waals surface area (Å²) in [5, 5.41) is 9.93. The molecule has 0 aliphatic rings. The third-order valence-electron chi connectivity index (χ3n) is 2.68. The highest BCUT2D eigenvalue weighted by Gasteiger charge is 2.06. The molecule has 0 saturated heterocycles. The van der Waals surface area contributed by atoms with Crippen LogP contribution in [0.15, 0.2) is 30.5 Å². The number of rotatable bonds is 4. The smallest absolute Gasteiger partial charge is 0.0454 e. The molecule has 1 aromatic heterocycles. The van der Waals surface area contributed by atoms with Crippen LogP contribution in [0.25, 0.3) is 10.9 Å². The third-order valence-corrected chi connectivity index (χ3v) is 2.68. The van der Waals surface area contributed by atoms with Crippen LogP contribution >= 0.6 is 0 Å². The molecule has 1 aromatic carbocycles. The molecule has 0 unspecified atom stereocenters. The molecule has 0 aliphatic heterocycles. The van der Waals surface area contributed by atoms with Crippen molar-refractivity contribution in [1.82, 2.24) is 4.98 Å². The van der Waals surface area contributed by atoms with E-state index in [1.807, 2.05) is 24.4 Å². The zero-order valence-electron chi connectivity index (χ0n) is 8.61. The average Bonchev–Trinajstić information content (AvgIpc) is 2.72. The van der Waals surface area contributed by atoms with Crippen LogP contribution in [0.4, 0.5) is 0 Å². The first-order valence-corrected chi connectivity index (χ1v) is 5.25. The summed E-state index contributed by atoms with van der Waals surface area (Å²) in [6.45, 7) is 0.208. The number of benzene rings is 1. The molecule has 2 rings (SSSR count). The molecule has 3 nitrogen and oxygen atoms in total. The Balaban J connectivity index is 2.19. The molecule has 4 N–H and O–H groups in total. The van der Waals surface area contributed by atoms with E-state index >= 15 is 0 Å². The van der Waals surface area contributed by atoms with Crippen molar-refractivity contribution in [2.24, 2.45) is 5.73 Å². The van der Waals surface area contributed by atoms with E-state index in [-0.39, 0.29) is 12.6 Å². The van der Waals surface area contributed by atoms with Crippen LogP contribution in [0.1, 0.15) is 24.4 Å². The monoisotopic (exact) mass is 204 g/mol. The van der Waals surface area contributed by atoms with Crippen LogP contribution in [0, 0.1) is 0 Å². The lowest BCUT2D eigenvalue weighted by molar-refractivity contribution is 0.280. The molecular weight excluding hydrogens is 188 g/mol. The summed E-state index contributed by atoms with van der Waals surface area (Å²) in [7, 11) is 0. The minimum absolute atomic E-state index is 0.0245. The molecule has 0 bridgehead atoms. The Kier molecular flexibility index (Phi) is 3.04. The first-order chi connectivity index (χ1) is 7.31. The van der Waals surface area contributed by atoms with E-state index in [0.29, 0.717) is 0 Å². The van der Waals surface area contributed by atoms with Crippen molar-refractivity contribution in [3.63, 3.8) is 0 Å². The van der Waals surface area contributed by atoms with Gasteiger partial charge in [0, 0.05) is 24.4 Å². The Labute approximate surface area is 88.9 Å². The number of hydrogen-bond acceptors (Lipinski definition) is 2. The summed E-state index contributed by atoms with van der Waals surface area (Å²) >= 11 is 0. The molecule has 3 heteroatoms. The lowest BCUT2D eigenvalue weighted by Crippen LogP contribution is -2.10. The number of aromatic nitrogens is 1. The normalized spacial score (nSPS) is 13.2. The fraction of sp³-hybridized carbons (Fsp3) is 0.333. The van der Waals surface area contributed by atoms with Gasteiger partial charge < -0.3 is 15.8 Å². The quantitative estimate of drug-likeness (QED) is 0.712. The minimum atomic E-state index is 0.0245.